The number of hydrogen-bond acceptors (Lipinski definition) is 5. The number of ketones is 1. The molecular formula is C17H22NO5+. The lowest BCUT2D eigenvalue weighted by Crippen LogP contribution is -3.14. The van der Waals surface area contributed by atoms with Crippen LogP contribution in [0.1, 0.15) is 22.8 Å². The molecule has 0 atom stereocenters. The molecule has 23 heavy (non-hydrogen) atoms. The van der Waals surface area contributed by atoms with Crippen LogP contribution in [0.3, 0.4) is 0 Å². The Morgan fingerprint density at radius 2 is 2.13 bits per heavy atom. The Morgan fingerprint density at radius 1 is 1.39 bits per heavy atom. The molecule has 2 N–H and O–H groups in total. The van der Waals surface area contributed by atoms with Crippen LogP contribution in [0.15, 0.2) is 16.7 Å². The highest BCUT2D eigenvalue weighted by atomic mass is 16.5. The maximum Gasteiger partial charge on any atom is 0.202 e. The third-order valence-electron chi connectivity index (χ3n) is 4.36. The highest BCUT2D eigenvalue weighted by Crippen LogP contribution is 2.41. The Morgan fingerprint density at radius 3 is 2.83 bits per heavy atom. The summed E-state index contributed by atoms with van der Waals surface area (Å²) in [6.07, 6.45) is 1.50. The number of carbonyl (C=O) groups excluding carboxylic acids is 1. The fourth-order valence-corrected chi connectivity index (χ4v) is 3.09. The number of phenols is 1. The second-order valence-corrected chi connectivity index (χ2v) is 5.86. The molecule has 0 aliphatic carbocycles. The minimum atomic E-state index is -0.130. The molecular weight excluding hydrogens is 298 g/mol. The van der Waals surface area contributed by atoms with Gasteiger partial charge in [0.1, 0.15) is 26.2 Å². The van der Waals surface area contributed by atoms with Crippen molar-refractivity contribution in [2.75, 3.05) is 39.5 Å². The predicted octanol–water partition coefficient (Wildman–Crippen LogP) is 0.943. The lowest BCUT2D eigenvalue weighted by Gasteiger charge is -2.24. The van der Waals surface area contributed by atoms with Gasteiger partial charge in [0.15, 0.2) is 17.1 Å². The molecule has 1 aliphatic rings. The van der Waals surface area contributed by atoms with E-state index in [9.17, 15) is 9.90 Å². The number of morpholine rings is 1. The smallest absolute Gasteiger partial charge is 0.202 e. The lowest BCUT2D eigenvalue weighted by atomic mass is 9.99. The first-order valence-electron chi connectivity index (χ1n) is 7.87. The molecule has 0 bridgehead atoms. The van der Waals surface area contributed by atoms with Gasteiger partial charge in [0.2, 0.25) is 5.75 Å². The number of ether oxygens (including phenoxy) is 2. The van der Waals surface area contributed by atoms with E-state index in [-0.39, 0.29) is 17.3 Å². The third kappa shape index (κ3) is 3.04. The van der Waals surface area contributed by atoms with E-state index in [2.05, 4.69) is 0 Å². The Hall–Kier alpha value is -2.05. The molecule has 1 aromatic carbocycles. The van der Waals surface area contributed by atoms with E-state index in [4.69, 9.17) is 13.9 Å². The van der Waals surface area contributed by atoms with Crippen molar-refractivity contribution in [1.82, 2.24) is 0 Å². The van der Waals surface area contributed by atoms with Gasteiger partial charge < -0.3 is 23.9 Å². The summed E-state index contributed by atoms with van der Waals surface area (Å²) < 4.78 is 16.5. The van der Waals surface area contributed by atoms with Crippen LogP contribution in [0, 0.1) is 6.92 Å². The number of carbonyl (C=O) groups is 1. The minimum Gasteiger partial charge on any atom is -0.502 e. The molecule has 0 spiro atoms. The summed E-state index contributed by atoms with van der Waals surface area (Å²) in [5.41, 5.74) is 1.56. The van der Waals surface area contributed by atoms with Gasteiger partial charge in [-0.1, -0.05) is 0 Å². The first kappa shape index (κ1) is 15.8. The average molecular weight is 320 g/mol. The summed E-state index contributed by atoms with van der Waals surface area (Å²) in [7, 11) is 0. The van der Waals surface area contributed by atoms with Crippen LogP contribution in [0.2, 0.25) is 0 Å². The molecule has 2 aromatic rings. The molecule has 0 saturated carbocycles. The first-order valence-corrected chi connectivity index (χ1v) is 7.87. The number of quaternary nitrogens is 1. The van der Waals surface area contributed by atoms with Gasteiger partial charge in [0.05, 0.1) is 25.0 Å². The monoisotopic (exact) mass is 320 g/mol. The number of benzene rings is 1. The number of fused-ring (bicyclic) bond motifs is 1. The maximum atomic E-state index is 12.0. The number of phenolic OH excluding ortho intramolecular Hbond substituents is 1. The van der Waals surface area contributed by atoms with Gasteiger partial charge in [-0.25, -0.2) is 0 Å². The Kier molecular flexibility index (Phi) is 4.54. The van der Waals surface area contributed by atoms with Gasteiger partial charge in [-0.3, -0.25) is 4.79 Å². The molecule has 1 aromatic heterocycles. The van der Waals surface area contributed by atoms with Gasteiger partial charge in [-0.2, -0.15) is 0 Å². The van der Waals surface area contributed by atoms with Crippen LogP contribution in [0.25, 0.3) is 11.0 Å². The zero-order valence-electron chi connectivity index (χ0n) is 13.5. The zero-order valence-corrected chi connectivity index (χ0v) is 13.5. The molecule has 6 heteroatoms. The van der Waals surface area contributed by atoms with Crippen LogP contribution in [0.5, 0.6) is 11.5 Å². The van der Waals surface area contributed by atoms with Crippen molar-refractivity contribution in [3.8, 4) is 11.5 Å². The fourth-order valence-electron chi connectivity index (χ4n) is 3.09. The van der Waals surface area contributed by atoms with Crippen molar-refractivity contribution in [2.24, 2.45) is 0 Å². The number of hydrogen-bond donors (Lipinski definition) is 2. The van der Waals surface area contributed by atoms with E-state index in [1.807, 2.05) is 6.92 Å². The zero-order chi connectivity index (χ0) is 16.4. The molecule has 3 rings (SSSR count). The summed E-state index contributed by atoms with van der Waals surface area (Å²) >= 11 is 0. The first-order chi connectivity index (χ1) is 11.1. The number of nitrogens with one attached hydrogen (secondary N) is 1. The molecule has 0 unspecified atom stereocenters. The molecule has 1 fully saturated rings. The molecule has 124 valence electrons. The van der Waals surface area contributed by atoms with E-state index < -0.39 is 0 Å². The highest BCUT2D eigenvalue weighted by Gasteiger charge is 2.23. The maximum absolute atomic E-state index is 12.0. The summed E-state index contributed by atoms with van der Waals surface area (Å²) in [5.74, 6) is -0.00231. The van der Waals surface area contributed by atoms with E-state index in [1.165, 1.54) is 18.1 Å². The van der Waals surface area contributed by atoms with Gasteiger partial charge in [-0.15, -0.1) is 0 Å². The van der Waals surface area contributed by atoms with Gasteiger partial charge >= 0.3 is 0 Å². The number of Topliss-reactive ketones (excluding diaryl/α,β-unsaturated/α-hetero) is 1. The molecule has 6 nitrogen and oxygen atoms in total. The largest absolute Gasteiger partial charge is 0.502 e. The number of furan rings is 1. The molecule has 1 aliphatic heterocycles. The summed E-state index contributed by atoms with van der Waals surface area (Å²) in [6.45, 7) is 7.97. The Balaban J connectivity index is 1.84. The van der Waals surface area contributed by atoms with E-state index in [0.717, 1.165) is 43.8 Å². The average Bonchev–Trinajstić information content (AvgIpc) is 3.03. The topological polar surface area (TPSA) is 73.3 Å². The van der Waals surface area contributed by atoms with Crippen LogP contribution >= 0.6 is 0 Å². The van der Waals surface area contributed by atoms with E-state index in [0.29, 0.717) is 17.8 Å². The molecule has 0 radical (unpaired) electrons. The number of aromatic hydroxyl groups is 1. The van der Waals surface area contributed by atoms with Crippen molar-refractivity contribution in [3.63, 3.8) is 0 Å². The number of rotatable bonds is 5. The van der Waals surface area contributed by atoms with Crippen molar-refractivity contribution in [3.05, 3.63) is 23.5 Å². The molecule has 0 amide bonds. The van der Waals surface area contributed by atoms with Crippen LogP contribution in [0.4, 0.5) is 0 Å². The van der Waals surface area contributed by atoms with Crippen molar-refractivity contribution < 1.29 is 28.7 Å². The minimum absolute atomic E-state index is 0.0993. The van der Waals surface area contributed by atoms with Gasteiger partial charge in [-0.05, 0) is 25.5 Å². The van der Waals surface area contributed by atoms with Crippen LogP contribution in [-0.4, -0.2) is 50.3 Å². The Bertz CT molecular complexity index is 715. The fraction of sp³-hybridized carbons (Fsp3) is 0.471. The third-order valence-corrected chi connectivity index (χ3v) is 4.36. The highest BCUT2D eigenvalue weighted by molar-refractivity contribution is 6.05. The van der Waals surface area contributed by atoms with Crippen molar-refractivity contribution in [2.45, 2.75) is 13.8 Å². The molecule has 2 heterocycles. The SMILES string of the molecule is CC(=O)c1c(OCC[NH+]2CCOCC2)c(O)c2occc2c1C. The second kappa shape index (κ2) is 6.60. The molecule has 1 saturated heterocycles. The van der Waals surface area contributed by atoms with Gasteiger partial charge in [0, 0.05) is 5.39 Å². The normalized spacial score (nSPS) is 15.9. The van der Waals surface area contributed by atoms with Crippen LogP contribution in [-0.2, 0) is 4.74 Å². The number of aryl methyl sites for hydroxylation is 1. The van der Waals surface area contributed by atoms with E-state index >= 15 is 0 Å². The summed E-state index contributed by atoms with van der Waals surface area (Å²) in [4.78, 5) is 13.4. The standard InChI is InChI=1S/C17H21NO5/c1-11-13-3-7-22-16(13)15(20)17(14(11)12(2)19)23-10-6-18-4-8-21-9-5-18/h3,7,20H,4-6,8-10H2,1-2H3/p+1. The predicted molar refractivity (Wildman–Crippen MR) is 84.5 cm³/mol. The van der Waals surface area contributed by atoms with Gasteiger partial charge in [0.25, 0.3) is 0 Å². The summed E-state index contributed by atoms with van der Waals surface area (Å²) in [6, 6.07) is 1.75. The van der Waals surface area contributed by atoms with Crippen LogP contribution < -0.4 is 9.64 Å². The van der Waals surface area contributed by atoms with Crippen molar-refractivity contribution in [1.29, 1.82) is 0 Å². The second-order valence-electron chi connectivity index (χ2n) is 5.86. The quantitative estimate of drug-likeness (QED) is 0.802. The van der Waals surface area contributed by atoms with E-state index in [1.54, 1.807) is 6.07 Å². The summed E-state index contributed by atoms with van der Waals surface area (Å²) in [5, 5.41) is 11.2. The Labute approximate surface area is 134 Å². The van der Waals surface area contributed by atoms with Crippen molar-refractivity contribution >= 4 is 16.8 Å². The lowest BCUT2D eigenvalue weighted by molar-refractivity contribution is -0.908.